The van der Waals surface area contributed by atoms with Crippen LogP contribution in [-0.4, -0.2) is 49.4 Å². The molecular formula is C14H26N4S2. The molecule has 1 N–H and O–H groups in total. The van der Waals surface area contributed by atoms with Crippen molar-refractivity contribution in [1.82, 2.24) is 20.1 Å². The normalized spacial score (nSPS) is 28.8. The van der Waals surface area contributed by atoms with Crippen molar-refractivity contribution in [1.29, 1.82) is 0 Å². The quantitative estimate of drug-likeness (QED) is 0.905. The van der Waals surface area contributed by atoms with Crippen LogP contribution in [0, 0.1) is 0 Å². The fourth-order valence-corrected chi connectivity index (χ4v) is 5.66. The van der Waals surface area contributed by atoms with E-state index >= 15 is 0 Å². The second-order valence-electron chi connectivity index (χ2n) is 5.73. The van der Waals surface area contributed by atoms with Crippen molar-refractivity contribution in [2.75, 3.05) is 12.8 Å². The standard InChI is InChI=1S/C14H26N4S2/c1-9(2)18-14(16-8-17-18)6-12(15-5)13-7-19-10(3)11(4)20-13/h8-13,15H,6-7H2,1-5H3. The molecule has 0 bridgehead atoms. The van der Waals surface area contributed by atoms with Crippen LogP contribution in [0.3, 0.4) is 0 Å². The first-order valence-electron chi connectivity index (χ1n) is 7.35. The van der Waals surface area contributed by atoms with E-state index in [9.17, 15) is 0 Å². The van der Waals surface area contributed by atoms with Gasteiger partial charge in [-0.1, -0.05) is 13.8 Å². The van der Waals surface area contributed by atoms with Crippen molar-refractivity contribution < 1.29 is 0 Å². The van der Waals surface area contributed by atoms with Crippen LogP contribution in [-0.2, 0) is 6.42 Å². The van der Waals surface area contributed by atoms with Gasteiger partial charge in [0, 0.05) is 40.0 Å². The summed E-state index contributed by atoms with van der Waals surface area (Å²) in [5.74, 6) is 2.31. The number of nitrogens with one attached hydrogen (secondary N) is 1. The maximum absolute atomic E-state index is 4.45. The lowest BCUT2D eigenvalue weighted by molar-refractivity contribution is 0.470. The molecule has 1 aromatic heterocycles. The number of likely N-dealkylation sites (N-methyl/N-ethyl adjacent to an activating group) is 1. The first kappa shape index (κ1) is 16.2. The number of rotatable bonds is 5. The van der Waals surface area contributed by atoms with Crippen LogP contribution in [0.25, 0.3) is 0 Å². The summed E-state index contributed by atoms with van der Waals surface area (Å²) < 4.78 is 2.04. The molecule has 0 aromatic carbocycles. The zero-order valence-corrected chi connectivity index (χ0v) is 14.7. The number of nitrogens with zero attached hydrogens (tertiary/aromatic N) is 3. The van der Waals surface area contributed by atoms with E-state index in [1.165, 1.54) is 5.75 Å². The van der Waals surface area contributed by atoms with Gasteiger partial charge in [-0.3, -0.25) is 0 Å². The van der Waals surface area contributed by atoms with Crippen LogP contribution < -0.4 is 5.32 Å². The molecule has 1 saturated heterocycles. The molecule has 114 valence electrons. The van der Waals surface area contributed by atoms with E-state index in [-0.39, 0.29) is 0 Å². The first-order chi connectivity index (χ1) is 9.52. The van der Waals surface area contributed by atoms with E-state index in [1.54, 1.807) is 6.33 Å². The Morgan fingerprint density at radius 2 is 2.15 bits per heavy atom. The molecule has 0 saturated carbocycles. The minimum atomic E-state index is 0.373. The van der Waals surface area contributed by atoms with Crippen LogP contribution in [0.2, 0.25) is 0 Å². The second kappa shape index (κ2) is 7.18. The van der Waals surface area contributed by atoms with Crippen LogP contribution in [0.1, 0.15) is 39.6 Å². The number of thioether (sulfide) groups is 2. The lowest BCUT2D eigenvalue weighted by Gasteiger charge is -2.35. The van der Waals surface area contributed by atoms with E-state index in [2.05, 4.69) is 73.7 Å². The molecule has 4 atom stereocenters. The summed E-state index contributed by atoms with van der Waals surface area (Å²) in [6.45, 7) is 8.99. The third-order valence-corrected chi connectivity index (χ3v) is 7.48. The fraction of sp³-hybridized carbons (Fsp3) is 0.857. The van der Waals surface area contributed by atoms with Gasteiger partial charge in [0.1, 0.15) is 12.2 Å². The highest BCUT2D eigenvalue weighted by molar-refractivity contribution is 8.07. The van der Waals surface area contributed by atoms with E-state index < -0.39 is 0 Å². The zero-order chi connectivity index (χ0) is 14.7. The average molecular weight is 315 g/mol. The molecule has 1 fully saturated rings. The predicted molar refractivity (Wildman–Crippen MR) is 89.7 cm³/mol. The summed E-state index contributed by atoms with van der Waals surface area (Å²) in [6.07, 6.45) is 2.63. The molecule has 1 aliphatic rings. The second-order valence-corrected chi connectivity index (χ2v) is 8.76. The van der Waals surface area contributed by atoms with E-state index in [0.717, 1.165) is 22.7 Å². The van der Waals surface area contributed by atoms with Crippen LogP contribution in [0.4, 0.5) is 0 Å². The van der Waals surface area contributed by atoms with Gasteiger partial charge in [-0.2, -0.15) is 28.6 Å². The summed E-state index contributed by atoms with van der Waals surface area (Å²) in [7, 11) is 2.06. The Bertz CT molecular complexity index is 421. The van der Waals surface area contributed by atoms with Crippen molar-refractivity contribution in [3.63, 3.8) is 0 Å². The third-order valence-electron chi connectivity index (χ3n) is 3.93. The Kier molecular flexibility index (Phi) is 5.81. The predicted octanol–water partition coefficient (Wildman–Crippen LogP) is 2.62. The molecule has 0 radical (unpaired) electrons. The lowest BCUT2D eigenvalue weighted by Crippen LogP contribution is -2.43. The molecule has 6 heteroatoms. The highest BCUT2D eigenvalue weighted by Crippen LogP contribution is 2.37. The summed E-state index contributed by atoms with van der Waals surface area (Å²) in [4.78, 5) is 4.45. The van der Waals surface area contributed by atoms with Crippen molar-refractivity contribution in [2.45, 2.75) is 61.9 Å². The fourth-order valence-electron chi connectivity index (χ4n) is 2.49. The maximum atomic E-state index is 4.45. The van der Waals surface area contributed by atoms with E-state index in [1.807, 2.05) is 4.68 Å². The number of aromatic nitrogens is 3. The molecule has 1 aromatic rings. The minimum Gasteiger partial charge on any atom is -0.315 e. The van der Waals surface area contributed by atoms with Crippen molar-refractivity contribution in [3.05, 3.63) is 12.2 Å². The van der Waals surface area contributed by atoms with Gasteiger partial charge < -0.3 is 5.32 Å². The van der Waals surface area contributed by atoms with E-state index in [4.69, 9.17) is 0 Å². The minimum absolute atomic E-state index is 0.373. The lowest BCUT2D eigenvalue weighted by atomic mass is 10.1. The Morgan fingerprint density at radius 3 is 2.75 bits per heavy atom. The summed E-state index contributed by atoms with van der Waals surface area (Å²) >= 11 is 4.22. The molecule has 2 rings (SSSR count). The number of hydrogen-bond donors (Lipinski definition) is 1. The molecule has 0 spiro atoms. The molecule has 2 heterocycles. The topological polar surface area (TPSA) is 42.7 Å². The van der Waals surface area contributed by atoms with Gasteiger partial charge >= 0.3 is 0 Å². The Labute approximate surface area is 130 Å². The Morgan fingerprint density at radius 1 is 1.40 bits per heavy atom. The van der Waals surface area contributed by atoms with Crippen molar-refractivity contribution in [2.24, 2.45) is 0 Å². The van der Waals surface area contributed by atoms with Crippen LogP contribution >= 0.6 is 23.5 Å². The van der Waals surface area contributed by atoms with Crippen LogP contribution in [0.5, 0.6) is 0 Å². The van der Waals surface area contributed by atoms with Gasteiger partial charge in [-0.05, 0) is 20.9 Å². The van der Waals surface area contributed by atoms with Gasteiger partial charge in [0.25, 0.3) is 0 Å². The summed E-state index contributed by atoms with van der Waals surface area (Å²) in [5.41, 5.74) is 0. The van der Waals surface area contributed by atoms with Gasteiger partial charge in [0.15, 0.2) is 0 Å². The Hall–Kier alpha value is -0.200. The van der Waals surface area contributed by atoms with Gasteiger partial charge in [-0.25, -0.2) is 9.67 Å². The monoisotopic (exact) mass is 314 g/mol. The zero-order valence-electron chi connectivity index (χ0n) is 13.0. The summed E-state index contributed by atoms with van der Waals surface area (Å²) in [5, 5.41) is 9.96. The SMILES string of the molecule is CNC(Cc1ncnn1C(C)C)C1CSC(C)C(C)S1. The maximum Gasteiger partial charge on any atom is 0.138 e. The highest BCUT2D eigenvalue weighted by Gasteiger charge is 2.31. The van der Waals surface area contributed by atoms with Crippen molar-refractivity contribution in [3.8, 4) is 0 Å². The molecule has 1 aliphatic heterocycles. The van der Waals surface area contributed by atoms with E-state index in [0.29, 0.717) is 17.3 Å². The average Bonchev–Trinajstić information content (AvgIpc) is 2.87. The molecule has 4 unspecified atom stereocenters. The molecule has 20 heavy (non-hydrogen) atoms. The highest BCUT2D eigenvalue weighted by atomic mass is 32.2. The smallest absolute Gasteiger partial charge is 0.138 e. The molecule has 0 aliphatic carbocycles. The number of hydrogen-bond acceptors (Lipinski definition) is 5. The van der Waals surface area contributed by atoms with Gasteiger partial charge in [0.05, 0.1) is 0 Å². The van der Waals surface area contributed by atoms with Crippen molar-refractivity contribution >= 4 is 23.5 Å². The molecule has 0 amide bonds. The third kappa shape index (κ3) is 3.71. The van der Waals surface area contributed by atoms with Gasteiger partial charge in [-0.15, -0.1) is 0 Å². The molecular weight excluding hydrogens is 288 g/mol. The molecule has 4 nitrogen and oxygen atoms in total. The Balaban J connectivity index is 2.03. The largest absolute Gasteiger partial charge is 0.315 e. The van der Waals surface area contributed by atoms with Crippen LogP contribution in [0.15, 0.2) is 6.33 Å². The van der Waals surface area contributed by atoms with Gasteiger partial charge in [0.2, 0.25) is 0 Å². The first-order valence-corrected chi connectivity index (χ1v) is 9.34. The summed E-state index contributed by atoms with van der Waals surface area (Å²) in [6, 6.07) is 0.835.